The lowest BCUT2D eigenvalue weighted by Gasteiger charge is -2.11. The highest BCUT2D eigenvalue weighted by Crippen LogP contribution is 2.25. The van der Waals surface area contributed by atoms with Gasteiger partial charge in [-0.15, -0.1) is 5.10 Å². The van der Waals surface area contributed by atoms with Crippen LogP contribution >= 0.6 is 11.6 Å². The lowest BCUT2D eigenvalue weighted by atomic mass is 9.97. The Labute approximate surface area is 109 Å². The fourth-order valence-electron chi connectivity index (χ4n) is 1.40. The Hall–Kier alpha value is -1.75. The minimum absolute atomic E-state index is 0.00149. The number of benzene rings is 1. The van der Waals surface area contributed by atoms with Gasteiger partial charge >= 0.3 is 5.76 Å². The molecule has 0 aliphatic heterocycles. The maximum Gasteiger partial charge on any atom is 0.442 e. The monoisotopic (exact) mass is 268 g/mol. The van der Waals surface area contributed by atoms with Gasteiger partial charge in [0.15, 0.2) is 0 Å². The second-order valence-corrected chi connectivity index (χ2v) is 5.38. The SMILES string of the molecule is CC(C)(C)c1nn(-c2cc(O)ccc2Cl)c(=O)o1. The van der Waals surface area contributed by atoms with E-state index in [-0.39, 0.29) is 11.2 Å². The van der Waals surface area contributed by atoms with Gasteiger partial charge in [0.25, 0.3) is 0 Å². The molecule has 6 heteroatoms. The third-order valence-corrected chi connectivity index (χ3v) is 2.67. The Morgan fingerprint density at radius 1 is 1.39 bits per heavy atom. The van der Waals surface area contributed by atoms with Gasteiger partial charge in [-0.05, 0) is 12.1 Å². The minimum atomic E-state index is -0.632. The summed E-state index contributed by atoms with van der Waals surface area (Å²) >= 11 is 5.97. The predicted octanol–water partition coefficient (Wildman–Crippen LogP) is 2.48. The van der Waals surface area contributed by atoms with Crippen LogP contribution in [0.2, 0.25) is 5.02 Å². The number of halogens is 1. The Morgan fingerprint density at radius 2 is 2.06 bits per heavy atom. The molecule has 0 spiro atoms. The third-order valence-electron chi connectivity index (χ3n) is 2.35. The molecule has 0 aliphatic rings. The summed E-state index contributed by atoms with van der Waals surface area (Å²) in [6.07, 6.45) is 0. The van der Waals surface area contributed by atoms with E-state index in [1.165, 1.54) is 18.2 Å². The van der Waals surface area contributed by atoms with Crippen molar-refractivity contribution in [2.45, 2.75) is 26.2 Å². The zero-order chi connectivity index (χ0) is 13.5. The van der Waals surface area contributed by atoms with E-state index in [0.29, 0.717) is 16.6 Å². The quantitative estimate of drug-likeness (QED) is 0.863. The van der Waals surface area contributed by atoms with Crippen molar-refractivity contribution < 1.29 is 9.52 Å². The van der Waals surface area contributed by atoms with Crippen molar-refractivity contribution in [1.29, 1.82) is 0 Å². The summed E-state index contributed by atoms with van der Waals surface area (Å²) < 4.78 is 6.13. The number of phenolic OH excluding ortho intramolecular Hbond substituents is 1. The fraction of sp³-hybridized carbons (Fsp3) is 0.333. The molecule has 2 rings (SSSR count). The molecule has 18 heavy (non-hydrogen) atoms. The predicted molar refractivity (Wildman–Crippen MR) is 67.5 cm³/mol. The van der Waals surface area contributed by atoms with Crippen molar-refractivity contribution in [3.63, 3.8) is 0 Å². The minimum Gasteiger partial charge on any atom is -0.508 e. The first-order valence-electron chi connectivity index (χ1n) is 5.38. The van der Waals surface area contributed by atoms with Gasteiger partial charge in [0.1, 0.15) is 5.75 Å². The zero-order valence-electron chi connectivity index (χ0n) is 10.3. The molecule has 1 N–H and O–H groups in total. The first kappa shape index (κ1) is 12.7. The van der Waals surface area contributed by atoms with Crippen LogP contribution < -0.4 is 5.76 Å². The van der Waals surface area contributed by atoms with Gasteiger partial charge in [-0.25, -0.2) is 4.79 Å². The molecule has 0 saturated carbocycles. The zero-order valence-corrected chi connectivity index (χ0v) is 11.0. The highest BCUT2D eigenvalue weighted by Gasteiger charge is 2.23. The summed E-state index contributed by atoms with van der Waals surface area (Å²) in [5.74, 6) is -0.319. The molecule has 0 atom stereocenters. The molecule has 96 valence electrons. The first-order valence-corrected chi connectivity index (χ1v) is 5.76. The highest BCUT2D eigenvalue weighted by molar-refractivity contribution is 6.32. The molecule has 2 aromatic rings. The van der Waals surface area contributed by atoms with Crippen molar-refractivity contribution in [3.05, 3.63) is 39.7 Å². The van der Waals surface area contributed by atoms with Crippen LogP contribution in [0, 0.1) is 0 Å². The van der Waals surface area contributed by atoms with Crippen LogP contribution in [0.5, 0.6) is 5.75 Å². The molecule has 1 heterocycles. The van der Waals surface area contributed by atoms with E-state index in [1.54, 1.807) is 0 Å². The number of hydrogen-bond acceptors (Lipinski definition) is 4. The lowest BCUT2D eigenvalue weighted by molar-refractivity contribution is 0.375. The molecule has 0 radical (unpaired) electrons. The lowest BCUT2D eigenvalue weighted by Crippen LogP contribution is -2.14. The van der Waals surface area contributed by atoms with Crippen molar-refractivity contribution in [3.8, 4) is 11.4 Å². The Kier molecular flexibility index (Phi) is 2.94. The average molecular weight is 269 g/mol. The topological polar surface area (TPSA) is 68.3 Å². The van der Waals surface area contributed by atoms with Gasteiger partial charge in [-0.2, -0.15) is 4.68 Å². The normalized spacial score (nSPS) is 11.8. The van der Waals surface area contributed by atoms with E-state index in [0.717, 1.165) is 4.68 Å². The maximum absolute atomic E-state index is 11.7. The smallest absolute Gasteiger partial charge is 0.442 e. The average Bonchev–Trinajstić information content (AvgIpc) is 2.64. The van der Waals surface area contributed by atoms with E-state index < -0.39 is 5.76 Å². The van der Waals surface area contributed by atoms with Gasteiger partial charge in [0, 0.05) is 11.5 Å². The molecular weight excluding hydrogens is 256 g/mol. The summed E-state index contributed by atoms with van der Waals surface area (Å²) in [7, 11) is 0. The number of aromatic nitrogens is 2. The van der Waals surface area contributed by atoms with Gasteiger partial charge < -0.3 is 9.52 Å². The fourth-order valence-corrected chi connectivity index (χ4v) is 1.59. The van der Waals surface area contributed by atoms with Crippen LogP contribution in [0.15, 0.2) is 27.4 Å². The van der Waals surface area contributed by atoms with E-state index in [9.17, 15) is 9.90 Å². The van der Waals surface area contributed by atoms with E-state index in [2.05, 4.69) is 5.10 Å². The summed E-state index contributed by atoms with van der Waals surface area (Å²) in [5.41, 5.74) is -0.0887. The Balaban J connectivity index is 2.62. The molecular formula is C12H13ClN2O3. The van der Waals surface area contributed by atoms with Crippen LogP contribution in [0.1, 0.15) is 26.7 Å². The molecule has 1 aromatic heterocycles. The molecule has 0 fully saturated rings. The number of aromatic hydroxyl groups is 1. The van der Waals surface area contributed by atoms with Crippen LogP contribution in [0.3, 0.4) is 0 Å². The Morgan fingerprint density at radius 3 is 2.61 bits per heavy atom. The number of rotatable bonds is 1. The molecule has 0 saturated heterocycles. The van der Waals surface area contributed by atoms with Crippen molar-refractivity contribution in [2.75, 3.05) is 0 Å². The van der Waals surface area contributed by atoms with Crippen LogP contribution in [-0.2, 0) is 5.41 Å². The van der Waals surface area contributed by atoms with Gasteiger partial charge in [-0.3, -0.25) is 0 Å². The summed E-state index contributed by atoms with van der Waals surface area (Å²) in [4.78, 5) is 11.7. The van der Waals surface area contributed by atoms with Crippen LogP contribution in [0.25, 0.3) is 5.69 Å². The van der Waals surface area contributed by atoms with Crippen molar-refractivity contribution >= 4 is 11.6 Å². The number of phenols is 1. The summed E-state index contributed by atoms with van der Waals surface area (Å²) in [6, 6.07) is 4.28. The Bertz CT molecular complexity index is 638. The summed E-state index contributed by atoms with van der Waals surface area (Å²) in [5, 5.41) is 13.8. The van der Waals surface area contributed by atoms with Crippen molar-refractivity contribution in [2.24, 2.45) is 0 Å². The van der Waals surface area contributed by atoms with Gasteiger partial charge in [0.05, 0.1) is 10.7 Å². The molecule has 1 aromatic carbocycles. The van der Waals surface area contributed by atoms with Crippen molar-refractivity contribution in [1.82, 2.24) is 9.78 Å². The van der Waals surface area contributed by atoms with Gasteiger partial charge in [-0.1, -0.05) is 32.4 Å². The maximum atomic E-state index is 11.7. The van der Waals surface area contributed by atoms with Crippen LogP contribution in [0.4, 0.5) is 0 Å². The molecule has 0 unspecified atom stereocenters. The third kappa shape index (κ3) is 2.26. The number of nitrogens with zero attached hydrogens (tertiary/aromatic N) is 2. The highest BCUT2D eigenvalue weighted by atomic mass is 35.5. The molecule has 0 bridgehead atoms. The van der Waals surface area contributed by atoms with Gasteiger partial charge in [0.2, 0.25) is 5.89 Å². The second kappa shape index (κ2) is 4.17. The van der Waals surface area contributed by atoms with Crippen LogP contribution in [-0.4, -0.2) is 14.9 Å². The molecule has 5 nitrogen and oxygen atoms in total. The molecule has 0 amide bonds. The largest absolute Gasteiger partial charge is 0.508 e. The standard InChI is InChI=1S/C12H13ClN2O3/c1-12(2,3)10-14-15(11(17)18-10)9-6-7(16)4-5-8(9)13/h4-6,16H,1-3H3. The number of hydrogen-bond donors (Lipinski definition) is 1. The van der Waals surface area contributed by atoms with E-state index in [1.807, 2.05) is 20.8 Å². The van der Waals surface area contributed by atoms with E-state index in [4.69, 9.17) is 16.0 Å². The first-order chi connectivity index (χ1) is 8.29. The summed E-state index contributed by atoms with van der Waals surface area (Å²) in [6.45, 7) is 5.64. The second-order valence-electron chi connectivity index (χ2n) is 4.97. The molecule has 0 aliphatic carbocycles. The van der Waals surface area contributed by atoms with E-state index >= 15 is 0 Å².